The van der Waals surface area contributed by atoms with E-state index in [1.807, 2.05) is 0 Å². The number of carbonyl (C=O) groups excluding carboxylic acids is 2. The average Bonchev–Trinajstić information content (AvgIpc) is 2.61. The molecule has 1 aromatic heterocycles. The van der Waals surface area contributed by atoms with Crippen molar-refractivity contribution in [3.63, 3.8) is 0 Å². The second-order valence-electron chi connectivity index (χ2n) is 5.22. The smallest absolute Gasteiger partial charge is 0.306 e. The quantitative estimate of drug-likeness (QED) is 0.449. The van der Waals surface area contributed by atoms with Crippen LogP contribution in [0.15, 0.2) is 30.5 Å². The van der Waals surface area contributed by atoms with Crippen molar-refractivity contribution in [2.24, 2.45) is 0 Å². The molecule has 0 spiro atoms. The van der Waals surface area contributed by atoms with E-state index >= 15 is 0 Å². The van der Waals surface area contributed by atoms with Gasteiger partial charge in [-0.15, -0.1) is 0 Å². The van der Waals surface area contributed by atoms with Crippen LogP contribution in [0.4, 0.5) is 5.82 Å². The van der Waals surface area contributed by atoms with Gasteiger partial charge in [-0.2, -0.15) is 0 Å². The highest BCUT2D eigenvalue weighted by atomic mass is 35.5. The molecule has 1 heterocycles. The van der Waals surface area contributed by atoms with Gasteiger partial charge in [-0.25, -0.2) is 4.98 Å². The summed E-state index contributed by atoms with van der Waals surface area (Å²) in [7, 11) is 0. The molecule has 0 radical (unpaired) electrons. The molecule has 0 saturated carbocycles. The zero-order valence-corrected chi connectivity index (χ0v) is 16.8. The lowest BCUT2D eigenvalue weighted by molar-refractivity contribution is -0.147. The Morgan fingerprint density at radius 2 is 1.78 bits per heavy atom. The molecule has 0 aliphatic rings. The van der Waals surface area contributed by atoms with Crippen LogP contribution in [-0.2, 0) is 14.3 Å². The third kappa shape index (κ3) is 7.42. The second-order valence-corrected chi connectivity index (χ2v) is 6.91. The largest absolute Gasteiger partial charge is 0.492 e. The van der Waals surface area contributed by atoms with Gasteiger partial charge in [-0.3, -0.25) is 9.59 Å². The Morgan fingerprint density at radius 1 is 1.04 bits per heavy atom. The maximum atomic E-state index is 11.8. The van der Waals surface area contributed by atoms with E-state index in [-0.39, 0.29) is 23.9 Å². The Morgan fingerprint density at radius 3 is 2.48 bits per heavy atom. The van der Waals surface area contributed by atoms with Crippen LogP contribution >= 0.6 is 46.4 Å². The third-order valence-corrected chi connectivity index (χ3v) is 4.13. The number of amides is 1. The normalized spacial score (nSPS) is 10.4. The SMILES string of the molecule is O=C(COC(=O)CCCOc1ccc(Cl)cc1Cl)Nc1ncc(Cl)cc1Cl. The zero-order valence-electron chi connectivity index (χ0n) is 13.8. The number of hydrogen-bond acceptors (Lipinski definition) is 5. The highest BCUT2D eigenvalue weighted by Crippen LogP contribution is 2.27. The van der Waals surface area contributed by atoms with E-state index in [0.29, 0.717) is 27.2 Å². The number of rotatable bonds is 8. The minimum absolute atomic E-state index is 0.0818. The van der Waals surface area contributed by atoms with Gasteiger partial charge in [-0.05, 0) is 30.7 Å². The molecule has 2 rings (SSSR count). The molecule has 0 saturated heterocycles. The summed E-state index contributed by atoms with van der Waals surface area (Å²) in [6.07, 6.45) is 1.81. The van der Waals surface area contributed by atoms with Crippen LogP contribution in [0.25, 0.3) is 0 Å². The van der Waals surface area contributed by atoms with Gasteiger partial charge in [0.05, 0.1) is 21.7 Å². The number of pyridine rings is 1. The van der Waals surface area contributed by atoms with Crippen LogP contribution in [0.2, 0.25) is 20.1 Å². The molecule has 10 heteroatoms. The molecule has 1 aromatic carbocycles. The van der Waals surface area contributed by atoms with Crippen molar-refractivity contribution in [1.82, 2.24) is 4.98 Å². The monoisotopic (exact) mass is 450 g/mol. The summed E-state index contributed by atoms with van der Waals surface area (Å²) in [6, 6.07) is 6.29. The van der Waals surface area contributed by atoms with Crippen molar-refractivity contribution in [2.45, 2.75) is 12.8 Å². The third-order valence-electron chi connectivity index (χ3n) is 3.11. The van der Waals surface area contributed by atoms with Gasteiger partial charge in [0.15, 0.2) is 12.4 Å². The minimum atomic E-state index is -0.565. The first-order valence-electron chi connectivity index (χ1n) is 7.69. The number of anilines is 1. The predicted octanol–water partition coefficient (Wildman–Crippen LogP) is 5.04. The molecule has 1 amide bonds. The van der Waals surface area contributed by atoms with Crippen LogP contribution in [0.3, 0.4) is 0 Å². The van der Waals surface area contributed by atoms with Gasteiger partial charge in [0.1, 0.15) is 5.75 Å². The molecule has 144 valence electrons. The fourth-order valence-corrected chi connectivity index (χ4v) is 2.77. The number of halogens is 4. The van der Waals surface area contributed by atoms with E-state index in [1.54, 1.807) is 18.2 Å². The van der Waals surface area contributed by atoms with Gasteiger partial charge < -0.3 is 14.8 Å². The topological polar surface area (TPSA) is 77.5 Å². The number of ether oxygens (including phenoxy) is 2. The number of nitrogens with zero attached hydrogens (tertiary/aromatic N) is 1. The highest BCUT2D eigenvalue weighted by Gasteiger charge is 2.11. The Kier molecular flexibility index (Phi) is 8.44. The lowest BCUT2D eigenvalue weighted by Crippen LogP contribution is -2.21. The summed E-state index contributed by atoms with van der Waals surface area (Å²) in [6.45, 7) is -0.198. The first kappa shape index (κ1) is 21.6. The first-order valence-corrected chi connectivity index (χ1v) is 9.20. The number of esters is 1. The Hall–Kier alpha value is -1.73. The first-order chi connectivity index (χ1) is 12.8. The number of nitrogens with one attached hydrogen (secondary N) is 1. The van der Waals surface area contributed by atoms with Crippen molar-refractivity contribution < 1.29 is 19.1 Å². The van der Waals surface area contributed by atoms with Gasteiger partial charge in [-0.1, -0.05) is 46.4 Å². The fraction of sp³-hybridized carbons (Fsp3) is 0.235. The summed E-state index contributed by atoms with van der Waals surface area (Å²) in [5.74, 6) is -0.494. The highest BCUT2D eigenvalue weighted by molar-refractivity contribution is 6.36. The van der Waals surface area contributed by atoms with Crippen LogP contribution < -0.4 is 10.1 Å². The summed E-state index contributed by atoms with van der Waals surface area (Å²) >= 11 is 23.4. The number of hydrogen-bond donors (Lipinski definition) is 1. The zero-order chi connectivity index (χ0) is 19.8. The standard InChI is InChI=1S/C17H14Cl4N2O4/c18-10-3-4-14(12(20)6-10)26-5-1-2-16(25)27-9-15(24)23-17-13(21)7-11(19)8-22-17/h3-4,6-8H,1-2,5,9H2,(H,22,23,24). The summed E-state index contributed by atoms with van der Waals surface area (Å²) < 4.78 is 10.3. The van der Waals surface area contributed by atoms with E-state index in [2.05, 4.69) is 10.3 Å². The molecule has 6 nitrogen and oxygen atoms in total. The Bertz CT molecular complexity index is 833. The van der Waals surface area contributed by atoms with Gasteiger partial charge >= 0.3 is 5.97 Å². The molecule has 0 bridgehead atoms. The molecule has 2 aromatic rings. The molecule has 0 fully saturated rings. The van der Waals surface area contributed by atoms with Crippen LogP contribution in [0.5, 0.6) is 5.75 Å². The molecule has 27 heavy (non-hydrogen) atoms. The lowest BCUT2D eigenvalue weighted by atomic mass is 10.3. The maximum Gasteiger partial charge on any atom is 0.306 e. The van der Waals surface area contributed by atoms with Crippen LogP contribution in [0.1, 0.15) is 12.8 Å². The van der Waals surface area contributed by atoms with Crippen molar-refractivity contribution in [1.29, 1.82) is 0 Å². The number of benzene rings is 1. The van der Waals surface area contributed by atoms with Crippen LogP contribution in [-0.4, -0.2) is 30.1 Å². The van der Waals surface area contributed by atoms with E-state index in [1.165, 1.54) is 12.3 Å². The molecule has 0 unspecified atom stereocenters. The number of aromatic nitrogens is 1. The van der Waals surface area contributed by atoms with E-state index in [9.17, 15) is 9.59 Å². The second kappa shape index (κ2) is 10.6. The molecule has 0 aliphatic carbocycles. The fourth-order valence-electron chi connectivity index (χ4n) is 1.88. The van der Waals surface area contributed by atoms with Gasteiger partial charge in [0.25, 0.3) is 5.91 Å². The summed E-state index contributed by atoms with van der Waals surface area (Å²) in [4.78, 5) is 27.3. The van der Waals surface area contributed by atoms with E-state index in [0.717, 1.165) is 0 Å². The van der Waals surface area contributed by atoms with Crippen molar-refractivity contribution in [2.75, 3.05) is 18.5 Å². The van der Waals surface area contributed by atoms with Crippen molar-refractivity contribution in [3.05, 3.63) is 50.6 Å². The summed E-state index contributed by atoms with van der Waals surface area (Å²) in [5.41, 5.74) is 0. The lowest BCUT2D eigenvalue weighted by Gasteiger charge is -2.09. The van der Waals surface area contributed by atoms with E-state index < -0.39 is 18.5 Å². The van der Waals surface area contributed by atoms with Gasteiger partial charge in [0.2, 0.25) is 0 Å². The minimum Gasteiger partial charge on any atom is -0.492 e. The van der Waals surface area contributed by atoms with Crippen molar-refractivity contribution in [3.8, 4) is 5.75 Å². The maximum absolute atomic E-state index is 11.8. The average molecular weight is 452 g/mol. The molecular weight excluding hydrogens is 438 g/mol. The van der Waals surface area contributed by atoms with Crippen LogP contribution in [0, 0.1) is 0 Å². The van der Waals surface area contributed by atoms with E-state index in [4.69, 9.17) is 55.9 Å². The summed E-state index contributed by atoms with van der Waals surface area (Å²) in [5, 5.41) is 3.83. The molecule has 1 N–H and O–H groups in total. The predicted molar refractivity (Wildman–Crippen MR) is 105 cm³/mol. The number of carbonyl (C=O) groups is 2. The van der Waals surface area contributed by atoms with Crippen molar-refractivity contribution >= 4 is 64.1 Å². The molecular formula is C17H14Cl4N2O4. The van der Waals surface area contributed by atoms with Gasteiger partial charge in [0, 0.05) is 17.6 Å². The molecule has 0 atom stereocenters. The Balaban J connectivity index is 1.66. The Labute approximate surface area is 175 Å². The molecule has 0 aliphatic heterocycles.